The first-order chi connectivity index (χ1) is 14.4. The lowest BCUT2D eigenvalue weighted by molar-refractivity contribution is -0.646. The van der Waals surface area contributed by atoms with Gasteiger partial charge in [0.25, 0.3) is 0 Å². The molecule has 1 unspecified atom stereocenters. The molecule has 0 aliphatic carbocycles. The van der Waals surface area contributed by atoms with Crippen LogP contribution in [-0.2, 0) is 7.05 Å². The van der Waals surface area contributed by atoms with E-state index in [1.165, 1.54) is 39.1 Å². The summed E-state index contributed by atoms with van der Waals surface area (Å²) in [5, 5.41) is 1.25. The van der Waals surface area contributed by atoms with Crippen LogP contribution in [0, 0.1) is 0 Å². The molecule has 152 valence electrons. The normalized spacial score (nSPS) is 16.7. The van der Waals surface area contributed by atoms with Crippen molar-refractivity contribution in [2.45, 2.75) is 19.9 Å². The maximum Gasteiger partial charge on any atom is 0.212 e. The Morgan fingerprint density at radius 3 is 2.47 bits per heavy atom. The van der Waals surface area contributed by atoms with E-state index in [0.717, 1.165) is 0 Å². The fourth-order valence-electron chi connectivity index (χ4n) is 4.03. The van der Waals surface area contributed by atoms with Crippen molar-refractivity contribution in [1.29, 1.82) is 0 Å². The van der Waals surface area contributed by atoms with Crippen LogP contribution in [0.25, 0.3) is 17.0 Å². The molecule has 0 amide bonds. The summed E-state index contributed by atoms with van der Waals surface area (Å²) in [7, 11) is 6.29. The lowest BCUT2D eigenvalue weighted by atomic mass is 9.99. The number of aromatic nitrogens is 1. The molecule has 0 bridgehead atoms. The summed E-state index contributed by atoms with van der Waals surface area (Å²) < 4.78 is 2.26. The average Bonchev–Trinajstić information content (AvgIpc) is 2.75. The number of allylic oxidation sites excluding steroid dienone is 2. The van der Waals surface area contributed by atoms with Crippen molar-refractivity contribution in [3.8, 4) is 0 Å². The third kappa shape index (κ3) is 3.88. The molecule has 1 aliphatic rings. The molecule has 0 spiro atoms. The number of hydrogen-bond donors (Lipinski definition) is 0. The summed E-state index contributed by atoms with van der Waals surface area (Å²) in [5.41, 5.74) is 7.42. The van der Waals surface area contributed by atoms with Crippen molar-refractivity contribution in [3.05, 3.63) is 95.9 Å². The number of aryl methyl sites for hydroxylation is 1. The van der Waals surface area contributed by atoms with Gasteiger partial charge in [0.2, 0.25) is 11.2 Å². The van der Waals surface area contributed by atoms with Crippen LogP contribution in [0.2, 0.25) is 0 Å². The van der Waals surface area contributed by atoms with Crippen LogP contribution in [0.5, 0.6) is 0 Å². The lowest BCUT2D eigenvalue weighted by Gasteiger charge is -2.32. The molecule has 1 aliphatic heterocycles. The highest BCUT2D eigenvalue weighted by molar-refractivity contribution is 5.80. The molecule has 4 rings (SSSR count). The predicted molar refractivity (Wildman–Crippen MR) is 129 cm³/mol. The molecule has 3 aromatic rings. The van der Waals surface area contributed by atoms with Gasteiger partial charge in [-0.05, 0) is 55.3 Å². The lowest BCUT2D eigenvalue weighted by Crippen LogP contribution is -2.33. The minimum Gasteiger partial charge on any atom is -0.378 e. The highest BCUT2D eigenvalue weighted by atomic mass is 15.1. The Labute approximate surface area is 179 Å². The second-order valence-electron chi connectivity index (χ2n) is 8.22. The molecule has 3 heteroatoms. The van der Waals surface area contributed by atoms with Gasteiger partial charge in [0, 0.05) is 55.3 Å². The smallest absolute Gasteiger partial charge is 0.212 e. The van der Waals surface area contributed by atoms with Crippen LogP contribution >= 0.6 is 0 Å². The number of pyridine rings is 1. The van der Waals surface area contributed by atoms with Gasteiger partial charge in [-0.3, -0.25) is 0 Å². The molecule has 0 N–H and O–H groups in total. The van der Waals surface area contributed by atoms with E-state index in [9.17, 15) is 0 Å². The summed E-state index contributed by atoms with van der Waals surface area (Å²) in [5.74, 6) is 0. The van der Waals surface area contributed by atoms with Crippen LogP contribution in [0.15, 0.2) is 90.2 Å². The van der Waals surface area contributed by atoms with Gasteiger partial charge in [-0.25, -0.2) is 0 Å². The van der Waals surface area contributed by atoms with Crippen molar-refractivity contribution in [1.82, 2.24) is 0 Å². The fraction of sp³-hybridized carbons (Fsp3) is 0.222. The Balaban J connectivity index is 1.64. The van der Waals surface area contributed by atoms with Crippen LogP contribution in [0.4, 0.5) is 11.4 Å². The number of nitrogens with zero attached hydrogens (tertiary/aromatic N) is 3. The maximum atomic E-state index is 2.35. The third-order valence-corrected chi connectivity index (χ3v) is 5.85. The monoisotopic (exact) mass is 396 g/mol. The van der Waals surface area contributed by atoms with Crippen molar-refractivity contribution < 1.29 is 4.57 Å². The Morgan fingerprint density at radius 1 is 0.967 bits per heavy atom. The van der Waals surface area contributed by atoms with E-state index in [1.807, 2.05) is 0 Å². The first-order valence-corrected chi connectivity index (χ1v) is 10.5. The van der Waals surface area contributed by atoms with Crippen LogP contribution in [-0.4, -0.2) is 20.1 Å². The van der Waals surface area contributed by atoms with Gasteiger partial charge in [-0.1, -0.05) is 30.4 Å². The molecular weight excluding hydrogens is 366 g/mol. The van der Waals surface area contributed by atoms with E-state index in [-0.39, 0.29) is 6.04 Å². The van der Waals surface area contributed by atoms with Crippen LogP contribution in [0.1, 0.15) is 19.5 Å². The minimum absolute atomic E-state index is 0.278. The Kier molecular flexibility index (Phi) is 5.45. The SMILES string of the molecule is CC1=CN(c2ccccc2)C(C)C(/C=C/c2ccc3cc(N(C)C)ccc3[n+]2C)=C1. The van der Waals surface area contributed by atoms with E-state index in [2.05, 4.69) is 134 Å². The first kappa shape index (κ1) is 20.0. The van der Waals surface area contributed by atoms with E-state index in [4.69, 9.17) is 0 Å². The number of para-hydroxylation sites is 1. The zero-order valence-electron chi connectivity index (χ0n) is 18.5. The summed E-state index contributed by atoms with van der Waals surface area (Å²) in [6, 6.07) is 21.9. The Hall–Kier alpha value is -3.33. The van der Waals surface area contributed by atoms with E-state index in [1.54, 1.807) is 0 Å². The van der Waals surface area contributed by atoms with Crippen molar-refractivity contribution >= 4 is 28.4 Å². The van der Waals surface area contributed by atoms with Gasteiger partial charge in [-0.15, -0.1) is 0 Å². The molecule has 3 nitrogen and oxygen atoms in total. The van der Waals surface area contributed by atoms with Gasteiger partial charge in [0.15, 0.2) is 0 Å². The molecule has 2 aromatic carbocycles. The maximum absolute atomic E-state index is 2.35. The molecule has 1 aromatic heterocycles. The van der Waals surface area contributed by atoms with Gasteiger partial charge < -0.3 is 9.80 Å². The van der Waals surface area contributed by atoms with Gasteiger partial charge >= 0.3 is 0 Å². The first-order valence-electron chi connectivity index (χ1n) is 10.5. The van der Waals surface area contributed by atoms with E-state index in [0.29, 0.717) is 0 Å². The molecule has 0 radical (unpaired) electrons. The minimum atomic E-state index is 0.278. The second-order valence-corrected chi connectivity index (χ2v) is 8.22. The topological polar surface area (TPSA) is 10.4 Å². The van der Waals surface area contributed by atoms with E-state index >= 15 is 0 Å². The average molecular weight is 397 g/mol. The number of benzene rings is 2. The number of rotatable bonds is 4. The Bertz CT molecular complexity index is 1150. The number of fused-ring (bicyclic) bond motifs is 1. The van der Waals surface area contributed by atoms with Crippen molar-refractivity contribution in [2.75, 3.05) is 23.9 Å². The second kappa shape index (κ2) is 8.19. The third-order valence-electron chi connectivity index (χ3n) is 5.85. The molecular formula is C27H30N3+. The predicted octanol–water partition coefficient (Wildman–Crippen LogP) is 5.48. The standard InChI is InChI=1S/C27H30N3/c1-20-17-22(21(2)30(19-20)25-9-7-6-8-10-25)11-13-24-14-12-23-18-26(28(3)4)15-16-27(23)29(24)5/h6-19,21H,1-5H3/q+1. The van der Waals surface area contributed by atoms with Gasteiger partial charge in [-0.2, -0.15) is 4.57 Å². The van der Waals surface area contributed by atoms with Crippen LogP contribution in [0.3, 0.4) is 0 Å². The van der Waals surface area contributed by atoms with Crippen molar-refractivity contribution in [2.24, 2.45) is 7.05 Å². The molecule has 2 heterocycles. The zero-order chi connectivity index (χ0) is 21.3. The molecule has 1 atom stereocenters. The van der Waals surface area contributed by atoms with Crippen molar-refractivity contribution in [3.63, 3.8) is 0 Å². The van der Waals surface area contributed by atoms with E-state index < -0.39 is 0 Å². The molecule has 30 heavy (non-hydrogen) atoms. The largest absolute Gasteiger partial charge is 0.378 e. The molecule has 0 saturated heterocycles. The highest BCUT2D eigenvalue weighted by Gasteiger charge is 2.19. The Morgan fingerprint density at radius 2 is 1.73 bits per heavy atom. The van der Waals surface area contributed by atoms with Crippen LogP contribution < -0.4 is 14.4 Å². The summed E-state index contributed by atoms with van der Waals surface area (Å²) >= 11 is 0. The summed E-state index contributed by atoms with van der Waals surface area (Å²) in [6.45, 7) is 4.42. The number of anilines is 2. The van der Waals surface area contributed by atoms with Gasteiger partial charge in [0.1, 0.15) is 7.05 Å². The zero-order valence-corrected chi connectivity index (χ0v) is 18.5. The molecule has 0 saturated carbocycles. The summed E-state index contributed by atoms with van der Waals surface area (Å²) in [6.07, 6.45) is 9.00. The molecule has 0 fully saturated rings. The fourth-order valence-corrected chi connectivity index (χ4v) is 4.03. The highest BCUT2D eigenvalue weighted by Crippen LogP contribution is 2.28. The quantitative estimate of drug-likeness (QED) is 0.540. The summed E-state index contributed by atoms with van der Waals surface area (Å²) in [4.78, 5) is 4.48. The van der Waals surface area contributed by atoms with Gasteiger partial charge in [0.05, 0.1) is 6.04 Å². The number of hydrogen-bond acceptors (Lipinski definition) is 2.